The monoisotopic (exact) mass is 279 g/mol. The van der Waals surface area contributed by atoms with Gasteiger partial charge in [0.25, 0.3) is 5.91 Å². The van der Waals surface area contributed by atoms with Gasteiger partial charge in [-0.2, -0.15) is 0 Å². The van der Waals surface area contributed by atoms with Crippen molar-refractivity contribution in [2.45, 2.75) is 25.7 Å². The minimum atomic E-state index is -0.145. The third-order valence-electron chi connectivity index (χ3n) is 4.10. The Labute approximate surface area is 117 Å². The molecule has 2 aliphatic rings. The lowest BCUT2D eigenvalue weighted by molar-refractivity contribution is 0.0944. The molecule has 2 aliphatic carbocycles. The van der Waals surface area contributed by atoms with Gasteiger partial charge in [0.05, 0.1) is 17.4 Å². The summed E-state index contributed by atoms with van der Waals surface area (Å²) in [5, 5.41) is 3.30. The number of nitrogen functional groups attached to an aromatic ring is 1. The van der Waals surface area contributed by atoms with Crippen LogP contribution in [0.25, 0.3) is 0 Å². The van der Waals surface area contributed by atoms with Crippen LogP contribution in [0, 0.1) is 17.8 Å². The largest absolute Gasteiger partial charge is 0.397 e. The highest BCUT2D eigenvalue weighted by molar-refractivity contribution is 6.29. The van der Waals surface area contributed by atoms with Crippen LogP contribution in [-0.4, -0.2) is 17.4 Å². The molecule has 0 bridgehead atoms. The van der Waals surface area contributed by atoms with Crippen LogP contribution in [0.2, 0.25) is 5.15 Å². The van der Waals surface area contributed by atoms with E-state index < -0.39 is 0 Å². The van der Waals surface area contributed by atoms with Gasteiger partial charge in [0.2, 0.25) is 0 Å². The molecule has 0 atom stereocenters. The molecule has 2 fully saturated rings. The maximum Gasteiger partial charge on any atom is 0.253 e. The first-order chi connectivity index (χ1) is 9.15. The van der Waals surface area contributed by atoms with Crippen molar-refractivity contribution in [2.75, 3.05) is 12.3 Å². The van der Waals surface area contributed by atoms with Crippen molar-refractivity contribution in [3.05, 3.63) is 23.0 Å². The van der Waals surface area contributed by atoms with E-state index in [-0.39, 0.29) is 5.91 Å². The van der Waals surface area contributed by atoms with E-state index in [0.717, 1.165) is 18.4 Å². The van der Waals surface area contributed by atoms with Gasteiger partial charge in [-0.15, -0.1) is 0 Å². The SMILES string of the molecule is Nc1cnc(Cl)cc1C(=O)NCC(C1CC1)C1CC1. The first-order valence-corrected chi connectivity index (χ1v) is 7.22. The topological polar surface area (TPSA) is 68.0 Å². The van der Waals surface area contributed by atoms with E-state index >= 15 is 0 Å². The van der Waals surface area contributed by atoms with E-state index in [2.05, 4.69) is 10.3 Å². The number of nitrogens with two attached hydrogens (primary N) is 1. The number of hydrogen-bond donors (Lipinski definition) is 2. The number of halogens is 1. The number of hydrogen-bond acceptors (Lipinski definition) is 3. The number of nitrogens with one attached hydrogen (secondary N) is 1. The molecule has 0 radical (unpaired) electrons. The van der Waals surface area contributed by atoms with E-state index in [1.165, 1.54) is 37.9 Å². The number of carbonyl (C=O) groups is 1. The predicted molar refractivity (Wildman–Crippen MR) is 74.9 cm³/mol. The number of anilines is 1. The van der Waals surface area contributed by atoms with E-state index in [0.29, 0.717) is 22.3 Å². The summed E-state index contributed by atoms with van der Waals surface area (Å²) in [5.41, 5.74) is 6.55. The highest BCUT2D eigenvalue weighted by Gasteiger charge is 2.41. The third kappa shape index (κ3) is 3.00. The maximum absolute atomic E-state index is 12.1. The summed E-state index contributed by atoms with van der Waals surface area (Å²) in [5.74, 6) is 2.16. The van der Waals surface area contributed by atoms with Crippen molar-refractivity contribution >= 4 is 23.2 Å². The summed E-state index contributed by atoms with van der Waals surface area (Å²) in [6.45, 7) is 0.757. The fourth-order valence-corrected chi connectivity index (χ4v) is 2.87. The first-order valence-electron chi connectivity index (χ1n) is 6.84. The van der Waals surface area contributed by atoms with Gasteiger partial charge in [0.15, 0.2) is 0 Å². The summed E-state index contributed by atoms with van der Waals surface area (Å²) in [4.78, 5) is 16.0. The standard InChI is InChI=1S/C14H18ClN3O/c15-13-5-10(12(16)7-17-13)14(19)18-6-11(8-1-2-8)9-3-4-9/h5,7-9,11H,1-4,6,16H2,(H,18,19). The van der Waals surface area contributed by atoms with Gasteiger partial charge in [-0.05, 0) is 49.5 Å². The summed E-state index contributed by atoms with van der Waals surface area (Å²) in [7, 11) is 0. The molecule has 0 unspecified atom stereocenters. The molecule has 3 rings (SSSR count). The van der Waals surface area contributed by atoms with Crippen LogP contribution in [0.3, 0.4) is 0 Å². The second-order valence-corrected chi connectivity index (χ2v) is 6.03. The molecule has 4 nitrogen and oxygen atoms in total. The number of nitrogens with zero attached hydrogens (tertiary/aromatic N) is 1. The van der Waals surface area contributed by atoms with Crippen molar-refractivity contribution in [2.24, 2.45) is 17.8 Å². The van der Waals surface area contributed by atoms with Gasteiger partial charge in [-0.1, -0.05) is 11.6 Å². The smallest absolute Gasteiger partial charge is 0.253 e. The molecular formula is C14H18ClN3O. The number of rotatable bonds is 5. The summed E-state index contributed by atoms with van der Waals surface area (Å²) in [6.07, 6.45) is 6.71. The second-order valence-electron chi connectivity index (χ2n) is 5.64. The Morgan fingerprint density at radius 2 is 2.05 bits per heavy atom. The molecule has 102 valence electrons. The van der Waals surface area contributed by atoms with Crippen LogP contribution in [0.15, 0.2) is 12.3 Å². The van der Waals surface area contributed by atoms with Crippen molar-refractivity contribution in [1.29, 1.82) is 0 Å². The van der Waals surface area contributed by atoms with Crippen LogP contribution in [-0.2, 0) is 0 Å². The van der Waals surface area contributed by atoms with Gasteiger partial charge < -0.3 is 11.1 Å². The summed E-state index contributed by atoms with van der Waals surface area (Å²) < 4.78 is 0. The highest BCUT2D eigenvalue weighted by atomic mass is 35.5. The Morgan fingerprint density at radius 3 is 2.63 bits per heavy atom. The molecule has 2 saturated carbocycles. The van der Waals surface area contributed by atoms with Crippen molar-refractivity contribution in [3.8, 4) is 0 Å². The van der Waals surface area contributed by atoms with Crippen LogP contribution in [0.1, 0.15) is 36.0 Å². The van der Waals surface area contributed by atoms with Gasteiger partial charge >= 0.3 is 0 Å². The number of pyridine rings is 1. The van der Waals surface area contributed by atoms with Crippen LogP contribution < -0.4 is 11.1 Å². The quantitative estimate of drug-likeness (QED) is 0.814. The number of aromatic nitrogens is 1. The molecular weight excluding hydrogens is 262 g/mol. The molecule has 3 N–H and O–H groups in total. The summed E-state index contributed by atoms with van der Waals surface area (Å²) in [6, 6.07) is 1.52. The van der Waals surface area contributed by atoms with E-state index in [1.807, 2.05) is 0 Å². The molecule has 1 amide bonds. The molecule has 0 spiro atoms. The fourth-order valence-electron chi connectivity index (χ4n) is 2.71. The number of carbonyl (C=O) groups excluding carboxylic acids is 1. The van der Waals surface area contributed by atoms with Crippen molar-refractivity contribution in [1.82, 2.24) is 10.3 Å². The average molecular weight is 280 g/mol. The minimum Gasteiger partial charge on any atom is -0.397 e. The zero-order valence-electron chi connectivity index (χ0n) is 10.7. The van der Waals surface area contributed by atoms with E-state index in [9.17, 15) is 4.79 Å². The Kier molecular flexibility index (Phi) is 3.35. The average Bonchev–Trinajstić information content (AvgIpc) is 3.25. The lowest BCUT2D eigenvalue weighted by Gasteiger charge is -2.16. The molecule has 1 aromatic rings. The Bertz CT molecular complexity index is 485. The van der Waals surface area contributed by atoms with Gasteiger partial charge in [-0.25, -0.2) is 4.98 Å². The van der Waals surface area contributed by atoms with Crippen LogP contribution in [0.5, 0.6) is 0 Å². The predicted octanol–water partition coefficient (Wildman–Crippen LogP) is 2.48. The Balaban J connectivity index is 1.62. The Morgan fingerprint density at radius 1 is 1.42 bits per heavy atom. The Hall–Kier alpha value is -1.29. The lowest BCUT2D eigenvalue weighted by atomic mass is 9.98. The zero-order valence-corrected chi connectivity index (χ0v) is 11.5. The normalized spacial score (nSPS) is 18.6. The van der Waals surface area contributed by atoms with Gasteiger partial charge in [0, 0.05) is 6.54 Å². The fraction of sp³-hybridized carbons (Fsp3) is 0.571. The zero-order chi connectivity index (χ0) is 13.4. The molecule has 0 aromatic carbocycles. The van der Waals surface area contributed by atoms with Gasteiger partial charge in [-0.3, -0.25) is 4.79 Å². The lowest BCUT2D eigenvalue weighted by Crippen LogP contribution is -2.31. The van der Waals surface area contributed by atoms with Gasteiger partial charge in [0.1, 0.15) is 5.15 Å². The third-order valence-corrected chi connectivity index (χ3v) is 4.31. The molecule has 1 aromatic heterocycles. The maximum atomic E-state index is 12.1. The molecule has 0 saturated heterocycles. The van der Waals surface area contributed by atoms with E-state index in [1.54, 1.807) is 0 Å². The second kappa shape index (κ2) is 5.00. The van der Waals surface area contributed by atoms with E-state index in [4.69, 9.17) is 17.3 Å². The number of amides is 1. The molecule has 5 heteroatoms. The molecule has 1 heterocycles. The minimum absolute atomic E-state index is 0.145. The van der Waals surface area contributed by atoms with Crippen molar-refractivity contribution < 1.29 is 4.79 Å². The highest BCUT2D eigenvalue weighted by Crippen LogP contribution is 2.48. The summed E-state index contributed by atoms with van der Waals surface area (Å²) >= 11 is 5.80. The van der Waals surface area contributed by atoms with Crippen molar-refractivity contribution in [3.63, 3.8) is 0 Å². The van der Waals surface area contributed by atoms with Crippen LogP contribution >= 0.6 is 11.6 Å². The molecule has 0 aliphatic heterocycles. The molecule has 19 heavy (non-hydrogen) atoms. The first kappa shape index (κ1) is 12.7. The van der Waals surface area contributed by atoms with Crippen LogP contribution in [0.4, 0.5) is 5.69 Å².